The van der Waals surface area contributed by atoms with Gasteiger partial charge in [-0.15, -0.1) is 0 Å². The number of hydrogen-bond acceptors (Lipinski definition) is 15. The molecule has 1 aromatic heterocycles. The third kappa shape index (κ3) is 23.7. The van der Waals surface area contributed by atoms with Gasteiger partial charge in [-0.2, -0.15) is 0 Å². The number of unbranched alkanes of at least 4 members (excludes halogenated alkanes) is 2. The van der Waals surface area contributed by atoms with Crippen molar-refractivity contribution in [2.45, 2.75) is 76.5 Å². The predicted octanol–water partition coefficient (Wildman–Crippen LogP) is 0.496. The van der Waals surface area contributed by atoms with Crippen molar-refractivity contribution in [1.29, 1.82) is 0 Å². The Labute approximate surface area is 444 Å². The lowest BCUT2D eigenvalue weighted by molar-refractivity contribution is -0.141. The number of carbonyl (C=O) groups excluding carboxylic acids is 4. The summed E-state index contributed by atoms with van der Waals surface area (Å²) in [6.45, 7) is 2.03. The number of nitrogens with zero attached hydrogens (tertiary/aromatic N) is 6. The van der Waals surface area contributed by atoms with E-state index < -0.39 is 66.8 Å². The maximum Gasteiger partial charge on any atom is 0.326 e. The number of benzene rings is 2. The zero-order chi connectivity index (χ0) is 56.3. The van der Waals surface area contributed by atoms with Crippen molar-refractivity contribution in [3.63, 3.8) is 0 Å². The molecule has 5 amide bonds. The van der Waals surface area contributed by atoms with Crippen LogP contribution in [0.1, 0.15) is 73.0 Å². The highest BCUT2D eigenvalue weighted by atomic mass is 16.4. The summed E-state index contributed by atoms with van der Waals surface area (Å²) in [7, 11) is 0. The molecular formula is C51H70N10O16. The zero-order valence-electron chi connectivity index (χ0n) is 42.8. The Balaban J connectivity index is 1.27. The highest BCUT2D eigenvalue weighted by Gasteiger charge is 2.26. The molecule has 0 aliphatic carbocycles. The van der Waals surface area contributed by atoms with E-state index in [0.717, 1.165) is 16.3 Å². The Morgan fingerprint density at radius 2 is 1.08 bits per heavy atom. The van der Waals surface area contributed by atoms with E-state index in [2.05, 4.69) is 26.3 Å². The van der Waals surface area contributed by atoms with Crippen molar-refractivity contribution in [3.8, 4) is 0 Å². The van der Waals surface area contributed by atoms with Gasteiger partial charge in [0.25, 0.3) is 5.91 Å². The summed E-state index contributed by atoms with van der Waals surface area (Å²) in [5, 5.41) is 68.2. The molecule has 4 rings (SSSR count). The van der Waals surface area contributed by atoms with Gasteiger partial charge in [0.2, 0.25) is 11.8 Å². The minimum Gasteiger partial charge on any atom is -0.481 e. The summed E-state index contributed by atoms with van der Waals surface area (Å²) >= 11 is 0. The maximum absolute atomic E-state index is 14.1. The van der Waals surface area contributed by atoms with Crippen LogP contribution in [0.2, 0.25) is 0 Å². The van der Waals surface area contributed by atoms with Gasteiger partial charge in [0.05, 0.1) is 38.4 Å². The smallest absolute Gasteiger partial charge is 0.326 e. The van der Waals surface area contributed by atoms with Crippen LogP contribution < -0.4 is 21.3 Å². The fraction of sp³-hybridized carbons (Fsp3) is 0.510. The molecule has 1 aliphatic heterocycles. The van der Waals surface area contributed by atoms with Crippen LogP contribution in [0.25, 0.3) is 10.8 Å². The number of pyridine rings is 1. The van der Waals surface area contributed by atoms with Gasteiger partial charge < -0.3 is 56.8 Å². The number of fused-ring (bicyclic) bond motifs is 1. The lowest BCUT2D eigenvalue weighted by Crippen LogP contribution is -2.51. The van der Waals surface area contributed by atoms with E-state index in [-0.39, 0.29) is 129 Å². The summed E-state index contributed by atoms with van der Waals surface area (Å²) in [6, 6.07) is 12.0. The van der Waals surface area contributed by atoms with Crippen molar-refractivity contribution < 1.29 is 78.6 Å². The van der Waals surface area contributed by atoms with E-state index in [1.165, 1.54) is 0 Å². The molecule has 26 heteroatoms. The van der Waals surface area contributed by atoms with Gasteiger partial charge in [0, 0.05) is 102 Å². The zero-order valence-corrected chi connectivity index (χ0v) is 42.8. The number of hydrogen-bond donors (Lipinski definition) is 10. The summed E-state index contributed by atoms with van der Waals surface area (Å²) in [5.74, 6) is -8.14. The monoisotopic (exact) mass is 1080 g/mol. The summed E-state index contributed by atoms with van der Waals surface area (Å²) in [5.41, 5.74) is 1.69. The molecule has 1 aliphatic rings. The molecule has 0 spiro atoms. The Bertz CT molecular complexity index is 2460. The Morgan fingerprint density at radius 3 is 1.61 bits per heavy atom. The first-order valence-corrected chi connectivity index (χ1v) is 25.3. The topological polar surface area (TPSA) is 369 Å². The normalized spacial score (nSPS) is 14.9. The SMILES string of the molecule is O=C(O)CC[C@@H](NC(=O)N[C@H](CCCCN(Cc1nccc2ccccc12)C(=O)c1ccc(CNC(=O)CCCCNC(=O)CN2CCN(CC(=O)O)CCN(CC(=O)O)CCN(CC(=O)O)CC2)cc1)C(=O)O)C(=O)O. The fourth-order valence-corrected chi connectivity index (χ4v) is 8.45. The van der Waals surface area contributed by atoms with Crippen molar-refractivity contribution in [1.82, 2.24) is 50.8 Å². The molecule has 2 aromatic carbocycles. The fourth-order valence-electron chi connectivity index (χ4n) is 8.45. The molecule has 1 saturated heterocycles. The number of aromatic nitrogens is 1. The van der Waals surface area contributed by atoms with Crippen molar-refractivity contribution in [2.24, 2.45) is 0 Å². The average molecular weight is 1080 g/mol. The third-order valence-electron chi connectivity index (χ3n) is 12.6. The van der Waals surface area contributed by atoms with Gasteiger partial charge in [-0.3, -0.25) is 58.1 Å². The number of carboxylic acids is 6. The van der Waals surface area contributed by atoms with Crippen LogP contribution >= 0.6 is 0 Å². The van der Waals surface area contributed by atoms with Crippen LogP contribution in [-0.4, -0.2) is 223 Å². The van der Waals surface area contributed by atoms with Crippen LogP contribution in [0.5, 0.6) is 0 Å². The predicted molar refractivity (Wildman–Crippen MR) is 276 cm³/mol. The molecule has 26 nitrogen and oxygen atoms in total. The van der Waals surface area contributed by atoms with Crippen LogP contribution in [0, 0.1) is 0 Å². The lowest BCUT2D eigenvalue weighted by Gasteiger charge is -2.32. The average Bonchev–Trinajstić information content (AvgIpc) is 3.37. The van der Waals surface area contributed by atoms with Gasteiger partial charge in [0.1, 0.15) is 12.1 Å². The largest absolute Gasteiger partial charge is 0.481 e. The number of carbonyl (C=O) groups is 10. The first-order chi connectivity index (χ1) is 36.8. The molecule has 0 unspecified atom stereocenters. The third-order valence-corrected chi connectivity index (χ3v) is 12.6. The van der Waals surface area contributed by atoms with E-state index in [9.17, 15) is 73.5 Å². The Morgan fingerprint density at radius 1 is 0.545 bits per heavy atom. The molecule has 2 heterocycles. The number of aliphatic carboxylic acids is 6. The van der Waals surface area contributed by atoms with Crippen LogP contribution in [0.3, 0.4) is 0 Å². The number of amides is 5. The minimum atomic E-state index is -1.55. The number of rotatable bonds is 30. The number of nitrogens with one attached hydrogen (secondary N) is 4. The second kappa shape index (κ2) is 32.6. The summed E-state index contributed by atoms with van der Waals surface area (Å²) in [4.78, 5) is 135. The highest BCUT2D eigenvalue weighted by molar-refractivity contribution is 5.95. The van der Waals surface area contributed by atoms with E-state index >= 15 is 0 Å². The van der Waals surface area contributed by atoms with E-state index in [1.807, 2.05) is 35.2 Å². The van der Waals surface area contributed by atoms with Gasteiger partial charge in [-0.1, -0.05) is 36.4 Å². The first kappa shape index (κ1) is 61.7. The molecule has 0 saturated carbocycles. The molecule has 2 atom stereocenters. The van der Waals surface area contributed by atoms with Crippen molar-refractivity contribution in [3.05, 3.63) is 77.6 Å². The van der Waals surface area contributed by atoms with Gasteiger partial charge in [0.15, 0.2) is 0 Å². The molecule has 10 N–H and O–H groups in total. The first-order valence-electron chi connectivity index (χ1n) is 25.3. The molecule has 0 bridgehead atoms. The van der Waals surface area contributed by atoms with Crippen LogP contribution in [0.15, 0.2) is 60.8 Å². The number of urea groups is 1. The van der Waals surface area contributed by atoms with E-state index in [0.29, 0.717) is 43.6 Å². The van der Waals surface area contributed by atoms with Gasteiger partial charge >= 0.3 is 41.8 Å². The summed E-state index contributed by atoms with van der Waals surface area (Å²) < 4.78 is 0. The Kier molecular flexibility index (Phi) is 26.1. The van der Waals surface area contributed by atoms with Gasteiger partial charge in [-0.05, 0) is 67.7 Å². The molecular weight excluding hydrogens is 1010 g/mol. The van der Waals surface area contributed by atoms with E-state index in [1.54, 1.807) is 50.1 Å². The van der Waals surface area contributed by atoms with E-state index in [4.69, 9.17) is 5.11 Å². The minimum absolute atomic E-state index is 0.0333. The lowest BCUT2D eigenvalue weighted by atomic mass is 10.1. The molecule has 77 heavy (non-hydrogen) atoms. The van der Waals surface area contributed by atoms with Gasteiger partial charge in [-0.25, -0.2) is 14.4 Å². The standard InChI is InChI=1S/C51H70N10O16/c62-42(10-3-5-18-53-43(63)31-57-21-23-58(32-45(66)67)25-27-60(34-47(70)71)28-26-59(24-22-57)33-46(68)69)54-29-35-11-13-37(14-12-35)48(72)61(30-41-38-8-2-1-7-36(38)17-19-52-41)20-6-4-9-39(49(73)74)55-51(77)56-40(50(75)76)15-16-44(64)65/h1-2,7-8,11-14,17,19,39-40H,3-6,9-10,15-16,18,20-34H2,(H,53,63)(H,54,62)(H,64,65)(H,66,67)(H,68,69)(H,70,71)(H,73,74)(H,75,76)(H2,55,56,77)/t39-,40-/m1/s1. The maximum atomic E-state index is 14.1. The molecule has 3 aromatic rings. The number of carboxylic acid groups (broad SMARTS) is 6. The van der Waals surface area contributed by atoms with Crippen molar-refractivity contribution in [2.75, 3.05) is 91.6 Å². The summed E-state index contributed by atoms with van der Waals surface area (Å²) in [6.07, 6.45) is 2.30. The second-order valence-electron chi connectivity index (χ2n) is 18.6. The molecule has 420 valence electrons. The van der Waals surface area contributed by atoms with Crippen LogP contribution in [0.4, 0.5) is 4.79 Å². The van der Waals surface area contributed by atoms with Crippen molar-refractivity contribution >= 4 is 70.3 Å². The highest BCUT2D eigenvalue weighted by Crippen LogP contribution is 2.20. The second-order valence-corrected chi connectivity index (χ2v) is 18.6. The molecule has 1 fully saturated rings. The molecule has 0 radical (unpaired) electrons. The quantitative estimate of drug-likeness (QED) is 0.0406. The Hall–Kier alpha value is -7.81. The van der Waals surface area contributed by atoms with Crippen LogP contribution in [-0.2, 0) is 51.4 Å².